The van der Waals surface area contributed by atoms with Crippen molar-refractivity contribution in [2.24, 2.45) is 0 Å². The van der Waals surface area contributed by atoms with E-state index < -0.39 is 0 Å². The summed E-state index contributed by atoms with van der Waals surface area (Å²) in [5, 5.41) is 7.73. The van der Waals surface area contributed by atoms with Gasteiger partial charge in [-0.05, 0) is 117 Å². The highest BCUT2D eigenvalue weighted by molar-refractivity contribution is 6.05. The van der Waals surface area contributed by atoms with E-state index in [1.54, 1.807) is 0 Å². The lowest BCUT2D eigenvalue weighted by molar-refractivity contribution is 0.990. The molecule has 0 spiro atoms. The molecular formula is C43H34N2. The van der Waals surface area contributed by atoms with Crippen LogP contribution in [0.3, 0.4) is 0 Å². The zero-order valence-electron chi connectivity index (χ0n) is 25.7. The molecule has 2 nitrogen and oxygen atoms in total. The summed E-state index contributed by atoms with van der Waals surface area (Å²) in [6.07, 6.45) is 11.1. The highest BCUT2D eigenvalue weighted by Gasteiger charge is 2.21. The van der Waals surface area contributed by atoms with Gasteiger partial charge >= 0.3 is 0 Å². The molecule has 0 aliphatic heterocycles. The Bertz CT molecular complexity index is 2440. The molecule has 45 heavy (non-hydrogen) atoms. The van der Waals surface area contributed by atoms with Gasteiger partial charge in [0.2, 0.25) is 0 Å². The van der Waals surface area contributed by atoms with Gasteiger partial charge in [0.15, 0.2) is 0 Å². The van der Waals surface area contributed by atoms with Gasteiger partial charge in [0.25, 0.3) is 0 Å². The molecule has 0 radical (unpaired) electrons. The Morgan fingerprint density at radius 3 is 1.96 bits per heavy atom. The van der Waals surface area contributed by atoms with Gasteiger partial charge in [-0.25, -0.2) is 4.98 Å². The first-order valence-corrected chi connectivity index (χ1v) is 15.8. The van der Waals surface area contributed by atoms with E-state index in [0.717, 1.165) is 35.4 Å². The van der Waals surface area contributed by atoms with E-state index in [2.05, 4.69) is 164 Å². The number of allylic oxidation sites excluding steroid dienone is 4. The molecule has 0 fully saturated rings. The molecule has 0 saturated heterocycles. The maximum atomic E-state index is 5.14. The number of fused-ring (bicyclic) bond motifs is 3. The van der Waals surface area contributed by atoms with Gasteiger partial charge in [0.1, 0.15) is 5.82 Å². The van der Waals surface area contributed by atoms with Crippen molar-refractivity contribution in [3.05, 3.63) is 155 Å². The number of hydrogen-bond acceptors (Lipinski definition) is 1. The van der Waals surface area contributed by atoms with Crippen LogP contribution in [0.2, 0.25) is 0 Å². The van der Waals surface area contributed by atoms with Gasteiger partial charge in [-0.1, -0.05) is 115 Å². The Hall–Kier alpha value is -5.47. The maximum absolute atomic E-state index is 5.14. The van der Waals surface area contributed by atoms with E-state index in [4.69, 9.17) is 4.98 Å². The van der Waals surface area contributed by atoms with E-state index in [0.29, 0.717) is 0 Å². The van der Waals surface area contributed by atoms with Crippen LogP contribution in [-0.2, 0) is 0 Å². The van der Waals surface area contributed by atoms with E-state index in [1.165, 1.54) is 59.8 Å². The third-order valence-electron chi connectivity index (χ3n) is 9.24. The van der Waals surface area contributed by atoms with E-state index in [9.17, 15) is 0 Å². The topological polar surface area (TPSA) is 17.8 Å². The van der Waals surface area contributed by atoms with Gasteiger partial charge in [0, 0.05) is 5.69 Å². The van der Waals surface area contributed by atoms with Crippen LogP contribution in [0.4, 0.5) is 0 Å². The molecule has 0 unspecified atom stereocenters. The fourth-order valence-corrected chi connectivity index (χ4v) is 7.19. The Morgan fingerprint density at radius 2 is 1.20 bits per heavy atom. The minimum Gasteiger partial charge on any atom is -0.293 e. The average molecular weight is 579 g/mol. The van der Waals surface area contributed by atoms with Crippen molar-refractivity contribution in [1.82, 2.24) is 9.55 Å². The van der Waals surface area contributed by atoms with Crippen LogP contribution in [0, 0.1) is 0 Å². The summed E-state index contributed by atoms with van der Waals surface area (Å²) >= 11 is 0. The Balaban J connectivity index is 1.32. The number of imidazole rings is 1. The lowest BCUT2D eigenvalue weighted by atomic mass is 9.84. The summed E-state index contributed by atoms with van der Waals surface area (Å²) in [7, 11) is 0. The fraction of sp³-hybridized carbons (Fsp3) is 0.0930. The summed E-state index contributed by atoms with van der Waals surface area (Å²) in [5.41, 5.74) is 9.84. The van der Waals surface area contributed by atoms with Crippen molar-refractivity contribution >= 4 is 55.9 Å². The zero-order chi connectivity index (χ0) is 30.3. The summed E-state index contributed by atoms with van der Waals surface area (Å²) in [4.78, 5) is 5.14. The standard InChI is InChI=1S/C43H34N2/c1-3-35-36(4-2)42(33-27-22-29-14-8-9-15-32(29)28-33)38-19-11-10-18-37(38)41(35)30-23-25-31(26-24-30)43-44-39-20-12-13-21-40(39)45(43)34-16-6-5-7-17-34/h3-23,25,27-28H,24,26H2,1-2H3/b35-3+,36-4+. The Labute approximate surface area is 263 Å². The summed E-state index contributed by atoms with van der Waals surface area (Å²) in [6.45, 7) is 4.35. The minimum absolute atomic E-state index is 0.928. The largest absolute Gasteiger partial charge is 0.293 e. The second-order valence-electron chi connectivity index (χ2n) is 11.7. The second kappa shape index (κ2) is 11.2. The number of nitrogens with zero attached hydrogens (tertiary/aromatic N) is 2. The zero-order valence-corrected chi connectivity index (χ0v) is 25.7. The summed E-state index contributed by atoms with van der Waals surface area (Å²) in [6, 6.07) is 43.5. The molecule has 0 atom stereocenters. The molecule has 6 aromatic carbocycles. The first-order valence-electron chi connectivity index (χ1n) is 15.8. The fourth-order valence-electron chi connectivity index (χ4n) is 7.19. The van der Waals surface area contributed by atoms with Gasteiger partial charge in [-0.2, -0.15) is 0 Å². The normalized spacial score (nSPS) is 14.4. The predicted octanol–water partition coefficient (Wildman–Crippen LogP) is 9.86. The first-order chi connectivity index (χ1) is 22.2. The van der Waals surface area contributed by atoms with Gasteiger partial charge in [0.05, 0.1) is 11.0 Å². The average Bonchev–Trinajstić information content (AvgIpc) is 3.50. The Morgan fingerprint density at radius 1 is 0.578 bits per heavy atom. The van der Waals surface area contributed by atoms with Crippen LogP contribution in [0.1, 0.15) is 38.1 Å². The summed E-state index contributed by atoms with van der Waals surface area (Å²) in [5.74, 6) is 1.03. The van der Waals surface area contributed by atoms with Crippen LogP contribution >= 0.6 is 0 Å². The molecule has 0 amide bonds. The van der Waals surface area contributed by atoms with Crippen molar-refractivity contribution in [3.8, 4) is 16.8 Å². The van der Waals surface area contributed by atoms with Gasteiger partial charge in [-0.15, -0.1) is 0 Å². The van der Waals surface area contributed by atoms with E-state index in [1.807, 2.05) is 0 Å². The SMILES string of the molecule is C/C=c1/c(C2=CC=C(c3nc4ccccc4n3-c3ccccc3)CC2)c2ccccc2c(-c2ccc3ccccc3c2)/c1=C/C. The highest BCUT2D eigenvalue weighted by atomic mass is 15.1. The second-order valence-corrected chi connectivity index (χ2v) is 11.7. The van der Waals surface area contributed by atoms with Gasteiger partial charge in [-0.3, -0.25) is 4.57 Å². The molecule has 2 heteroatoms. The molecule has 8 rings (SSSR count). The van der Waals surface area contributed by atoms with Crippen molar-refractivity contribution in [3.63, 3.8) is 0 Å². The minimum atomic E-state index is 0.928. The maximum Gasteiger partial charge on any atom is 0.141 e. The predicted molar refractivity (Wildman–Crippen MR) is 193 cm³/mol. The van der Waals surface area contributed by atoms with Crippen LogP contribution in [0.25, 0.3) is 72.7 Å². The van der Waals surface area contributed by atoms with Crippen LogP contribution in [0.5, 0.6) is 0 Å². The monoisotopic (exact) mass is 578 g/mol. The molecule has 1 aromatic heterocycles. The van der Waals surface area contributed by atoms with Crippen molar-refractivity contribution in [2.75, 3.05) is 0 Å². The van der Waals surface area contributed by atoms with Crippen molar-refractivity contribution in [1.29, 1.82) is 0 Å². The molecule has 1 heterocycles. The first kappa shape index (κ1) is 27.1. The lowest BCUT2D eigenvalue weighted by Crippen LogP contribution is -2.31. The molecule has 216 valence electrons. The molecule has 0 saturated carbocycles. The summed E-state index contributed by atoms with van der Waals surface area (Å²) < 4.78 is 2.31. The molecule has 1 aliphatic carbocycles. The third-order valence-corrected chi connectivity index (χ3v) is 9.24. The number of hydrogen-bond donors (Lipinski definition) is 0. The quantitative estimate of drug-likeness (QED) is 0.203. The van der Waals surface area contributed by atoms with E-state index in [-0.39, 0.29) is 0 Å². The Kier molecular flexibility index (Phi) is 6.76. The smallest absolute Gasteiger partial charge is 0.141 e. The van der Waals surface area contributed by atoms with Crippen LogP contribution < -0.4 is 10.4 Å². The number of aromatic nitrogens is 2. The number of para-hydroxylation sites is 3. The molecule has 1 aliphatic rings. The van der Waals surface area contributed by atoms with E-state index >= 15 is 0 Å². The highest BCUT2D eigenvalue weighted by Crippen LogP contribution is 2.37. The van der Waals surface area contributed by atoms with Crippen LogP contribution in [-0.4, -0.2) is 9.55 Å². The van der Waals surface area contributed by atoms with Crippen molar-refractivity contribution < 1.29 is 0 Å². The molecule has 0 N–H and O–H groups in total. The molecular weight excluding hydrogens is 544 g/mol. The molecule has 7 aromatic rings. The number of rotatable bonds is 4. The number of benzene rings is 6. The lowest BCUT2D eigenvalue weighted by Gasteiger charge is -2.20. The molecule has 0 bridgehead atoms. The van der Waals surface area contributed by atoms with Crippen molar-refractivity contribution in [2.45, 2.75) is 26.7 Å². The van der Waals surface area contributed by atoms with Gasteiger partial charge < -0.3 is 0 Å². The third kappa shape index (κ3) is 4.53. The van der Waals surface area contributed by atoms with Crippen LogP contribution in [0.15, 0.2) is 133 Å².